The molecule has 1 aliphatic rings. The zero-order valence-corrected chi connectivity index (χ0v) is 17.2. The fourth-order valence-corrected chi connectivity index (χ4v) is 5.93. The summed E-state index contributed by atoms with van der Waals surface area (Å²) in [5, 5.41) is 5.28. The molecule has 0 aliphatic carbocycles. The van der Waals surface area contributed by atoms with Gasteiger partial charge >= 0.3 is 5.97 Å². The number of hydrogen-bond donors (Lipinski definition) is 1. The number of aromatic nitrogens is 1. The Balaban J connectivity index is 1.50. The second-order valence-electron chi connectivity index (χ2n) is 6.83. The number of para-hydroxylation sites is 1. The van der Waals surface area contributed by atoms with Crippen LogP contribution in [0.15, 0.2) is 52.2 Å². The van der Waals surface area contributed by atoms with E-state index in [1.807, 2.05) is 12.1 Å². The molecule has 29 heavy (non-hydrogen) atoms. The number of benzene rings is 1. The molecule has 7 nitrogen and oxygen atoms in total. The number of amides is 1. The molecule has 1 N–H and O–H groups in total. The third-order valence-corrected chi connectivity index (χ3v) is 7.94. The molecule has 2 aromatic heterocycles. The Morgan fingerprint density at radius 3 is 2.79 bits per heavy atom. The van der Waals surface area contributed by atoms with Gasteiger partial charge in [-0.05, 0) is 35.9 Å². The summed E-state index contributed by atoms with van der Waals surface area (Å²) in [4.78, 5) is 23.5. The van der Waals surface area contributed by atoms with Crippen molar-refractivity contribution < 1.29 is 22.7 Å². The van der Waals surface area contributed by atoms with Crippen LogP contribution in [0.3, 0.4) is 0 Å². The van der Waals surface area contributed by atoms with Gasteiger partial charge in [-0.3, -0.25) is 4.79 Å². The summed E-state index contributed by atoms with van der Waals surface area (Å²) in [6.45, 7) is 0.335. The van der Waals surface area contributed by atoms with Gasteiger partial charge in [0.05, 0.1) is 12.1 Å². The second-order valence-corrected chi connectivity index (χ2v) is 9.82. The van der Waals surface area contributed by atoms with E-state index in [1.165, 1.54) is 15.3 Å². The standard InChI is InChI=1S/C20H20N2O5S2/c23-18(21-16-10-11-27-20(16)24)8-3-5-14-13-22(17-7-2-1-6-15(14)17)29(25,26)19-9-4-12-28-19/h1-2,4,6-7,9,12-13,16H,3,5,8,10-11H2,(H,21,23). The normalized spacial score (nSPS) is 16.8. The summed E-state index contributed by atoms with van der Waals surface area (Å²) in [5.74, 6) is -0.594. The SMILES string of the molecule is O=C(CCCc1cn(S(=O)(=O)c2cccs2)c2ccccc12)NC1CCOC1=O. The minimum Gasteiger partial charge on any atom is -0.464 e. The molecule has 4 rings (SSSR count). The summed E-state index contributed by atoms with van der Waals surface area (Å²) in [6.07, 6.45) is 3.49. The van der Waals surface area contributed by atoms with E-state index >= 15 is 0 Å². The van der Waals surface area contributed by atoms with Gasteiger partial charge in [-0.25, -0.2) is 8.77 Å². The summed E-state index contributed by atoms with van der Waals surface area (Å²) < 4.78 is 32.4. The summed E-state index contributed by atoms with van der Waals surface area (Å²) >= 11 is 1.18. The van der Waals surface area contributed by atoms with E-state index < -0.39 is 16.1 Å². The van der Waals surface area contributed by atoms with Crippen molar-refractivity contribution >= 4 is 44.1 Å². The molecule has 1 aliphatic heterocycles. The summed E-state index contributed by atoms with van der Waals surface area (Å²) in [6, 6.07) is 10.1. The van der Waals surface area contributed by atoms with Crippen molar-refractivity contribution in [2.24, 2.45) is 0 Å². The van der Waals surface area contributed by atoms with Gasteiger partial charge in [0.25, 0.3) is 10.0 Å². The van der Waals surface area contributed by atoms with Crippen molar-refractivity contribution in [3.8, 4) is 0 Å². The number of aryl methyl sites for hydroxylation is 1. The molecular formula is C20H20N2O5S2. The molecule has 1 unspecified atom stereocenters. The number of ether oxygens (including phenoxy) is 1. The van der Waals surface area contributed by atoms with Crippen molar-refractivity contribution in [3.05, 3.63) is 53.5 Å². The van der Waals surface area contributed by atoms with E-state index in [1.54, 1.807) is 35.8 Å². The van der Waals surface area contributed by atoms with Crippen LogP contribution in [0.4, 0.5) is 0 Å². The third kappa shape index (κ3) is 3.92. The molecule has 0 bridgehead atoms. The number of nitrogens with zero attached hydrogens (tertiary/aromatic N) is 1. The van der Waals surface area contributed by atoms with Gasteiger partial charge in [-0.15, -0.1) is 11.3 Å². The van der Waals surface area contributed by atoms with Crippen LogP contribution in [-0.2, 0) is 30.8 Å². The zero-order valence-electron chi connectivity index (χ0n) is 15.5. The second kappa shape index (κ2) is 8.00. The Morgan fingerprint density at radius 2 is 2.07 bits per heavy atom. The predicted molar refractivity (Wildman–Crippen MR) is 109 cm³/mol. The lowest BCUT2D eigenvalue weighted by atomic mass is 10.1. The van der Waals surface area contributed by atoms with Gasteiger partial charge in [0, 0.05) is 24.4 Å². The molecule has 1 saturated heterocycles. The summed E-state index contributed by atoms with van der Waals surface area (Å²) in [7, 11) is -3.66. The first kappa shape index (κ1) is 19.7. The monoisotopic (exact) mass is 432 g/mol. The predicted octanol–water partition coefficient (Wildman–Crippen LogP) is 2.69. The molecular weight excluding hydrogens is 412 g/mol. The lowest BCUT2D eigenvalue weighted by molar-refractivity contribution is -0.141. The number of thiophene rings is 1. The molecule has 1 fully saturated rings. The van der Waals surface area contributed by atoms with Crippen LogP contribution < -0.4 is 5.32 Å². The van der Waals surface area contributed by atoms with Crippen LogP contribution in [0.2, 0.25) is 0 Å². The van der Waals surface area contributed by atoms with Gasteiger partial charge in [0.15, 0.2) is 0 Å². The maximum absolute atomic E-state index is 13.0. The van der Waals surface area contributed by atoms with Crippen LogP contribution in [0, 0.1) is 0 Å². The molecule has 0 spiro atoms. The Bertz CT molecular complexity index is 1150. The van der Waals surface area contributed by atoms with Gasteiger partial charge in [0.2, 0.25) is 5.91 Å². The number of carbonyl (C=O) groups is 2. The van der Waals surface area contributed by atoms with Gasteiger partial charge in [0.1, 0.15) is 10.3 Å². The molecule has 1 amide bonds. The largest absolute Gasteiger partial charge is 0.464 e. The van der Waals surface area contributed by atoms with E-state index in [0.29, 0.717) is 31.4 Å². The van der Waals surface area contributed by atoms with Crippen molar-refractivity contribution in [1.82, 2.24) is 9.29 Å². The number of carbonyl (C=O) groups excluding carboxylic acids is 2. The Labute approximate surface area is 172 Å². The van der Waals surface area contributed by atoms with E-state index in [9.17, 15) is 18.0 Å². The average molecular weight is 433 g/mol. The van der Waals surface area contributed by atoms with Crippen molar-refractivity contribution in [1.29, 1.82) is 0 Å². The third-order valence-electron chi connectivity index (χ3n) is 4.89. The highest BCUT2D eigenvalue weighted by Crippen LogP contribution is 2.28. The molecule has 1 atom stereocenters. The molecule has 3 heterocycles. The first-order chi connectivity index (χ1) is 14.0. The molecule has 1 aromatic carbocycles. The minimum atomic E-state index is -3.66. The number of nitrogens with one attached hydrogen (secondary N) is 1. The van der Waals surface area contributed by atoms with E-state index in [0.717, 1.165) is 10.9 Å². The maximum Gasteiger partial charge on any atom is 0.328 e. The number of fused-ring (bicyclic) bond motifs is 1. The fraction of sp³-hybridized carbons (Fsp3) is 0.300. The highest BCUT2D eigenvalue weighted by atomic mass is 32.2. The maximum atomic E-state index is 13.0. The number of cyclic esters (lactones) is 1. The van der Waals surface area contributed by atoms with Crippen LogP contribution in [0.5, 0.6) is 0 Å². The molecule has 9 heteroatoms. The quantitative estimate of drug-likeness (QED) is 0.580. The Hall–Kier alpha value is -2.65. The van der Waals surface area contributed by atoms with Gasteiger partial charge in [-0.1, -0.05) is 24.3 Å². The van der Waals surface area contributed by atoms with Crippen LogP contribution in [0.25, 0.3) is 10.9 Å². The Morgan fingerprint density at radius 1 is 1.24 bits per heavy atom. The highest BCUT2D eigenvalue weighted by Gasteiger charge is 2.27. The number of esters is 1. The molecule has 0 saturated carbocycles. The van der Waals surface area contributed by atoms with Crippen LogP contribution in [0.1, 0.15) is 24.8 Å². The molecule has 3 aromatic rings. The van der Waals surface area contributed by atoms with E-state index in [4.69, 9.17) is 4.74 Å². The van der Waals surface area contributed by atoms with Crippen molar-refractivity contribution in [3.63, 3.8) is 0 Å². The highest BCUT2D eigenvalue weighted by molar-refractivity contribution is 7.92. The smallest absolute Gasteiger partial charge is 0.328 e. The summed E-state index contributed by atoms with van der Waals surface area (Å²) in [5.41, 5.74) is 1.49. The minimum absolute atomic E-state index is 0.205. The zero-order chi connectivity index (χ0) is 20.4. The van der Waals surface area contributed by atoms with Crippen LogP contribution >= 0.6 is 11.3 Å². The van der Waals surface area contributed by atoms with Crippen LogP contribution in [-0.4, -0.2) is 36.9 Å². The van der Waals surface area contributed by atoms with Crippen molar-refractivity contribution in [2.45, 2.75) is 35.9 Å². The molecule has 0 radical (unpaired) electrons. The van der Waals surface area contributed by atoms with Crippen molar-refractivity contribution in [2.75, 3.05) is 6.61 Å². The molecule has 152 valence electrons. The van der Waals surface area contributed by atoms with Gasteiger partial charge < -0.3 is 10.1 Å². The number of rotatable bonds is 7. The first-order valence-corrected chi connectivity index (χ1v) is 11.6. The number of hydrogen-bond acceptors (Lipinski definition) is 6. The lowest BCUT2D eigenvalue weighted by Crippen LogP contribution is -2.37. The first-order valence-electron chi connectivity index (χ1n) is 9.31. The lowest BCUT2D eigenvalue weighted by Gasteiger charge is -2.08. The average Bonchev–Trinajstić information content (AvgIpc) is 3.44. The topological polar surface area (TPSA) is 94.5 Å². The van der Waals surface area contributed by atoms with E-state index in [-0.39, 0.29) is 22.5 Å². The van der Waals surface area contributed by atoms with E-state index in [2.05, 4.69) is 5.32 Å². The Kier molecular flexibility index (Phi) is 5.42. The van der Waals surface area contributed by atoms with Gasteiger partial charge in [-0.2, -0.15) is 8.42 Å². The fourth-order valence-electron chi connectivity index (χ4n) is 3.46.